The minimum Gasteiger partial charge on any atom is -0.359 e. The molecule has 0 aromatic heterocycles. The molecule has 4 rings (SSSR count). The van der Waals surface area contributed by atoms with Crippen LogP contribution in [-0.2, 0) is 14.3 Å². The molecule has 4 fully saturated rings. The molecule has 26 heavy (non-hydrogen) atoms. The molecule has 0 saturated heterocycles. The van der Waals surface area contributed by atoms with Crippen LogP contribution in [0.4, 0.5) is 0 Å². The average Bonchev–Trinajstić information content (AvgIpc) is 2.97. The molecule has 8 atom stereocenters. The number of ketones is 1. The second kappa shape index (κ2) is 6.88. The summed E-state index contributed by atoms with van der Waals surface area (Å²) in [5.41, 5.74) is 0.778. The number of ether oxygens (including phenoxy) is 2. The lowest BCUT2D eigenvalue weighted by Gasteiger charge is -2.61. The molecule has 0 aromatic carbocycles. The second-order valence-corrected chi connectivity index (χ2v) is 10.4. The highest BCUT2D eigenvalue weighted by Gasteiger charge is 2.60. The molecule has 4 aliphatic carbocycles. The number of hydrogen-bond donors (Lipinski definition) is 0. The third kappa shape index (κ3) is 2.80. The smallest absolute Gasteiger partial charge is 0.146 e. The first-order valence-corrected chi connectivity index (χ1v) is 11.0. The van der Waals surface area contributed by atoms with E-state index in [4.69, 9.17) is 9.47 Å². The number of rotatable bonds is 4. The zero-order valence-electron chi connectivity index (χ0n) is 17.3. The van der Waals surface area contributed by atoms with Crippen LogP contribution in [0.2, 0.25) is 0 Å². The molecule has 0 heterocycles. The van der Waals surface area contributed by atoms with Gasteiger partial charge in [-0.1, -0.05) is 13.8 Å². The maximum Gasteiger partial charge on any atom is 0.146 e. The van der Waals surface area contributed by atoms with Gasteiger partial charge >= 0.3 is 0 Å². The van der Waals surface area contributed by atoms with E-state index in [1.165, 1.54) is 51.4 Å². The highest BCUT2D eigenvalue weighted by Crippen LogP contribution is 2.67. The lowest BCUT2D eigenvalue weighted by molar-refractivity contribution is -0.154. The summed E-state index contributed by atoms with van der Waals surface area (Å²) in [6, 6.07) is 0. The Morgan fingerprint density at radius 3 is 2.42 bits per heavy atom. The fourth-order valence-corrected chi connectivity index (χ4v) is 8.20. The van der Waals surface area contributed by atoms with Crippen LogP contribution >= 0.6 is 0 Å². The number of methoxy groups -OCH3 is 1. The van der Waals surface area contributed by atoms with Gasteiger partial charge in [-0.2, -0.15) is 0 Å². The molecule has 4 saturated carbocycles. The van der Waals surface area contributed by atoms with Gasteiger partial charge in [0.1, 0.15) is 12.6 Å². The number of carbonyl (C=O) groups excluding carboxylic acids is 1. The van der Waals surface area contributed by atoms with Gasteiger partial charge in [0, 0.05) is 13.0 Å². The maximum absolute atomic E-state index is 12.3. The summed E-state index contributed by atoms with van der Waals surface area (Å²) in [5, 5.41) is 0. The average molecular weight is 363 g/mol. The van der Waals surface area contributed by atoms with Crippen molar-refractivity contribution in [1.29, 1.82) is 0 Å². The molecule has 0 unspecified atom stereocenters. The Bertz CT molecular complexity index is 546. The Hall–Kier alpha value is -0.410. The molecular weight excluding hydrogens is 324 g/mol. The van der Waals surface area contributed by atoms with Crippen LogP contribution in [0.1, 0.15) is 78.6 Å². The number of Topliss-reactive ketones (excluding diaryl/α,β-unsaturated/α-hetero) is 1. The lowest BCUT2D eigenvalue weighted by Crippen LogP contribution is -2.54. The van der Waals surface area contributed by atoms with Gasteiger partial charge in [-0.25, -0.2) is 0 Å². The van der Waals surface area contributed by atoms with Crippen molar-refractivity contribution in [3.63, 3.8) is 0 Å². The van der Waals surface area contributed by atoms with Crippen LogP contribution in [0.3, 0.4) is 0 Å². The van der Waals surface area contributed by atoms with E-state index in [2.05, 4.69) is 13.8 Å². The monoisotopic (exact) mass is 362 g/mol. The Balaban J connectivity index is 1.51. The zero-order valence-corrected chi connectivity index (χ0v) is 17.3. The molecule has 3 heteroatoms. The van der Waals surface area contributed by atoms with Crippen molar-refractivity contribution in [1.82, 2.24) is 0 Å². The SMILES string of the molecule is COCO[C@H]1CC[C@@]2(C)[C@@H](CC[C@@H]3[C@@H]2CC[C@]2(C)[C@@H](C(C)=O)CC[C@@H]32)C1. The largest absolute Gasteiger partial charge is 0.359 e. The molecule has 4 aliphatic rings. The highest BCUT2D eigenvalue weighted by molar-refractivity contribution is 5.79. The van der Waals surface area contributed by atoms with Crippen LogP contribution in [0.15, 0.2) is 0 Å². The Morgan fingerprint density at radius 2 is 1.69 bits per heavy atom. The predicted octanol–water partition coefficient (Wildman–Crippen LogP) is 5.22. The van der Waals surface area contributed by atoms with E-state index >= 15 is 0 Å². The molecule has 0 bridgehead atoms. The van der Waals surface area contributed by atoms with Gasteiger partial charge in [-0.05, 0) is 99.2 Å². The molecular formula is C23H38O3. The van der Waals surface area contributed by atoms with Crippen LogP contribution < -0.4 is 0 Å². The van der Waals surface area contributed by atoms with Crippen LogP contribution in [-0.4, -0.2) is 25.8 Å². The van der Waals surface area contributed by atoms with Gasteiger partial charge in [-0.3, -0.25) is 4.79 Å². The Kier molecular flexibility index (Phi) is 5.01. The summed E-state index contributed by atoms with van der Waals surface area (Å²) >= 11 is 0. The van der Waals surface area contributed by atoms with Crippen LogP contribution in [0.25, 0.3) is 0 Å². The molecule has 3 nitrogen and oxygen atoms in total. The second-order valence-electron chi connectivity index (χ2n) is 10.4. The van der Waals surface area contributed by atoms with E-state index in [1.807, 2.05) is 6.92 Å². The van der Waals surface area contributed by atoms with Crippen LogP contribution in [0, 0.1) is 40.4 Å². The van der Waals surface area contributed by atoms with Crippen molar-refractivity contribution in [3.05, 3.63) is 0 Å². The van der Waals surface area contributed by atoms with Gasteiger partial charge in [0.05, 0.1) is 6.10 Å². The van der Waals surface area contributed by atoms with Gasteiger partial charge < -0.3 is 9.47 Å². The fraction of sp³-hybridized carbons (Fsp3) is 0.957. The van der Waals surface area contributed by atoms with Crippen molar-refractivity contribution in [2.24, 2.45) is 40.4 Å². The molecule has 148 valence electrons. The summed E-state index contributed by atoms with van der Waals surface area (Å²) in [5.74, 6) is 4.11. The molecule has 0 N–H and O–H groups in total. The Morgan fingerprint density at radius 1 is 0.962 bits per heavy atom. The number of fused-ring (bicyclic) bond motifs is 5. The van der Waals surface area contributed by atoms with Crippen LogP contribution in [0.5, 0.6) is 0 Å². The highest BCUT2D eigenvalue weighted by atomic mass is 16.7. The van der Waals surface area contributed by atoms with E-state index < -0.39 is 0 Å². The molecule has 0 spiro atoms. The fourth-order valence-electron chi connectivity index (χ4n) is 8.20. The van der Waals surface area contributed by atoms with Crippen molar-refractivity contribution >= 4 is 5.78 Å². The van der Waals surface area contributed by atoms with Gasteiger partial charge in [0.25, 0.3) is 0 Å². The van der Waals surface area contributed by atoms with Crippen molar-refractivity contribution < 1.29 is 14.3 Å². The number of carbonyl (C=O) groups is 1. The van der Waals surface area contributed by atoms with Crippen molar-refractivity contribution in [3.8, 4) is 0 Å². The summed E-state index contributed by atoms with van der Waals surface area (Å²) in [6.07, 6.45) is 11.9. The first kappa shape index (κ1) is 18.9. The quantitative estimate of drug-likeness (QED) is 0.643. The van der Waals surface area contributed by atoms with Crippen molar-refractivity contribution in [2.45, 2.75) is 84.7 Å². The molecule has 0 radical (unpaired) electrons. The topological polar surface area (TPSA) is 35.5 Å². The standard InChI is InChI=1S/C23H38O3/c1-15(24)19-7-8-20-18-6-5-16-13-17(26-14-25-4)9-11-22(16,2)21(18)10-12-23(19,20)3/h16-21H,5-14H2,1-4H3/t16-,17-,18-,19+,20-,21-,22-,23+/m0/s1. The lowest BCUT2D eigenvalue weighted by atomic mass is 9.44. The van der Waals surface area contributed by atoms with Crippen molar-refractivity contribution in [2.75, 3.05) is 13.9 Å². The number of hydrogen-bond acceptors (Lipinski definition) is 3. The first-order valence-electron chi connectivity index (χ1n) is 11.0. The summed E-state index contributed by atoms with van der Waals surface area (Å²) in [4.78, 5) is 12.3. The van der Waals surface area contributed by atoms with Gasteiger partial charge in [-0.15, -0.1) is 0 Å². The third-order valence-corrected chi connectivity index (χ3v) is 9.53. The Labute approximate surface area is 159 Å². The molecule has 0 aliphatic heterocycles. The summed E-state index contributed by atoms with van der Waals surface area (Å²) in [6.45, 7) is 7.33. The van der Waals surface area contributed by atoms with E-state index in [9.17, 15) is 4.79 Å². The first-order chi connectivity index (χ1) is 12.4. The minimum atomic E-state index is 0.287. The molecule has 0 aromatic rings. The minimum absolute atomic E-state index is 0.287. The van der Waals surface area contributed by atoms with E-state index in [0.717, 1.165) is 30.1 Å². The maximum atomic E-state index is 12.3. The summed E-state index contributed by atoms with van der Waals surface area (Å²) < 4.78 is 11.1. The van der Waals surface area contributed by atoms with Gasteiger partial charge in [0.15, 0.2) is 0 Å². The zero-order chi connectivity index (χ0) is 18.5. The predicted molar refractivity (Wildman–Crippen MR) is 103 cm³/mol. The van der Waals surface area contributed by atoms with E-state index in [0.29, 0.717) is 30.0 Å². The molecule has 0 amide bonds. The normalized spacial score (nSPS) is 50.6. The summed E-state index contributed by atoms with van der Waals surface area (Å²) in [7, 11) is 1.72. The van der Waals surface area contributed by atoms with E-state index in [1.54, 1.807) is 7.11 Å². The van der Waals surface area contributed by atoms with E-state index in [-0.39, 0.29) is 5.41 Å². The third-order valence-electron chi connectivity index (χ3n) is 9.53. The van der Waals surface area contributed by atoms with Gasteiger partial charge in [0.2, 0.25) is 0 Å².